The van der Waals surface area contributed by atoms with Crippen LogP contribution in [0.3, 0.4) is 0 Å². The van der Waals surface area contributed by atoms with Gasteiger partial charge in [-0.25, -0.2) is 14.4 Å². The van der Waals surface area contributed by atoms with Gasteiger partial charge in [0.25, 0.3) is 5.91 Å². The molecule has 1 atom stereocenters. The number of imidazole rings is 1. The van der Waals surface area contributed by atoms with Crippen LogP contribution in [-0.4, -0.2) is 32.3 Å². The highest BCUT2D eigenvalue weighted by Gasteiger charge is 2.39. The Kier molecular flexibility index (Phi) is 3.65. The molecule has 1 saturated carbocycles. The Bertz CT molecular complexity index is 1280. The maximum absolute atomic E-state index is 14.3. The van der Waals surface area contributed by atoms with Crippen molar-refractivity contribution in [3.8, 4) is 0 Å². The number of hydrogen-bond donors (Lipinski definition) is 1. The average Bonchev–Trinajstić information content (AvgIpc) is 3.14. The Balaban J connectivity index is 1.45. The van der Waals surface area contributed by atoms with Gasteiger partial charge in [0.15, 0.2) is 5.89 Å². The van der Waals surface area contributed by atoms with Crippen LogP contribution in [0.25, 0.3) is 11.0 Å². The van der Waals surface area contributed by atoms with Crippen molar-refractivity contribution in [1.82, 2.24) is 19.9 Å². The molecule has 4 heterocycles. The standard InChI is InChI=1S/C22H19FN4O3/c1-11-20(30-21(26-11)12-5-6-12)22(28)27-8-7-15-18(25-10-24-15)19(27)17-9-13-14(23)3-2-4-16(13)29-17/h2-4,9-10,12,19H,5-8H2,1H3,(H,24,25)/t19-/m1/s1. The molecule has 1 amide bonds. The van der Waals surface area contributed by atoms with Crippen LogP contribution in [0.2, 0.25) is 0 Å². The number of nitrogens with zero attached hydrogens (tertiary/aromatic N) is 3. The molecule has 152 valence electrons. The van der Waals surface area contributed by atoms with Gasteiger partial charge >= 0.3 is 0 Å². The lowest BCUT2D eigenvalue weighted by atomic mass is 9.99. The number of rotatable bonds is 3. The molecule has 7 nitrogen and oxygen atoms in total. The summed E-state index contributed by atoms with van der Waals surface area (Å²) in [6.45, 7) is 2.25. The van der Waals surface area contributed by atoms with E-state index in [4.69, 9.17) is 8.83 Å². The van der Waals surface area contributed by atoms with Crippen molar-refractivity contribution in [3.63, 3.8) is 0 Å². The van der Waals surface area contributed by atoms with Crippen LogP contribution in [0, 0.1) is 12.7 Å². The van der Waals surface area contributed by atoms with E-state index >= 15 is 0 Å². The summed E-state index contributed by atoms with van der Waals surface area (Å²) < 4.78 is 26.1. The molecule has 1 fully saturated rings. The second kappa shape index (κ2) is 6.29. The lowest BCUT2D eigenvalue weighted by Crippen LogP contribution is -2.40. The molecule has 3 aromatic heterocycles. The van der Waals surface area contributed by atoms with Gasteiger partial charge in [-0.2, -0.15) is 0 Å². The molecular weight excluding hydrogens is 387 g/mol. The predicted octanol–water partition coefficient (Wildman–Crippen LogP) is 4.26. The fourth-order valence-corrected chi connectivity index (χ4v) is 4.21. The second-order valence-electron chi connectivity index (χ2n) is 7.96. The van der Waals surface area contributed by atoms with Crippen LogP contribution >= 0.6 is 0 Å². The summed E-state index contributed by atoms with van der Waals surface area (Å²) in [6, 6.07) is 5.79. The highest BCUT2D eigenvalue weighted by Crippen LogP contribution is 2.41. The number of carbonyl (C=O) groups excluding carboxylic acids is 1. The van der Waals surface area contributed by atoms with Gasteiger partial charge in [0.05, 0.1) is 23.1 Å². The molecule has 6 rings (SSSR count). The van der Waals surface area contributed by atoms with Crippen molar-refractivity contribution in [2.45, 2.75) is 38.1 Å². The number of fused-ring (bicyclic) bond motifs is 2. The molecule has 0 radical (unpaired) electrons. The van der Waals surface area contributed by atoms with Gasteiger partial charge in [0.1, 0.15) is 23.2 Å². The number of hydrogen-bond acceptors (Lipinski definition) is 5. The topological polar surface area (TPSA) is 88.2 Å². The zero-order valence-electron chi connectivity index (χ0n) is 16.3. The minimum Gasteiger partial charge on any atom is -0.458 e. The summed E-state index contributed by atoms with van der Waals surface area (Å²) >= 11 is 0. The minimum absolute atomic E-state index is 0.253. The number of carbonyl (C=O) groups is 1. The number of oxazole rings is 1. The zero-order chi connectivity index (χ0) is 20.4. The van der Waals surface area contributed by atoms with Crippen molar-refractivity contribution in [1.29, 1.82) is 0 Å². The normalized spacial score (nSPS) is 18.7. The molecule has 1 aliphatic heterocycles. The monoisotopic (exact) mass is 406 g/mol. The van der Waals surface area contributed by atoms with Gasteiger partial charge in [0, 0.05) is 24.6 Å². The Morgan fingerprint density at radius 2 is 2.17 bits per heavy atom. The molecule has 30 heavy (non-hydrogen) atoms. The first kappa shape index (κ1) is 17.4. The maximum Gasteiger partial charge on any atom is 0.292 e. The Labute approximate surface area is 170 Å². The lowest BCUT2D eigenvalue weighted by molar-refractivity contribution is 0.0637. The maximum atomic E-state index is 14.3. The number of nitrogens with one attached hydrogen (secondary N) is 1. The van der Waals surface area contributed by atoms with Crippen LogP contribution in [-0.2, 0) is 6.42 Å². The largest absolute Gasteiger partial charge is 0.458 e. The molecule has 4 aromatic rings. The fourth-order valence-electron chi connectivity index (χ4n) is 4.21. The molecule has 0 bridgehead atoms. The first-order chi connectivity index (χ1) is 14.6. The molecule has 0 spiro atoms. The summed E-state index contributed by atoms with van der Waals surface area (Å²) in [5.74, 6) is 1.05. The number of halogens is 1. The summed E-state index contributed by atoms with van der Waals surface area (Å²) in [7, 11) is 0. The zero-order valence-corrected chi connectivity index (χ0v) is 16.3. The molecule has 2 aliphatic rings. The van der Waals surface area contributed by atoms with E-state index in [-0.39, 0.29) is 17.5 Å². The number of aromatic nitrogens is 3. The third-order valence-electron chi connectivity index (χ3n) is 5.92. The molecule has 1 aliphatic carbocycles. The van der Waals surface area contributed by atoms with Crippen molar-refractivity contribution < 1.29 is 18.0 Å². The number of H-pyrrole nitrogens is 1. The highest BCUT2D eigenvalue weighted by atomic mass is 19.1. The Hall–Kier alpha value is -3.42. The van der Waals surface area contributed by atoms with E-state index in [9.17, 15) is 9.18 Å². The van der Waals surface area contributed by atoms with Gasteiger partial charge in [-0.05, 0) is 38.0 Å². The second-order valence-corrected chi connectivity index (χ2v) is 7.96. The molecular formula is C22H19FN4O3. The third kappa shape index (κ3) is 2.59. The van der Waals surface area contributed by atoms with E-state index in [0.717, 1.165) is 18.5 Å². The van der Waals surface area contributed by atoms with Crippen molar-refractivity contribution in [2.24, 2.45) is 0 Å². The number of aromatic amines is 1. The first-order valence-corrected chi connectivity index (χ1v) is 10.1. The van der Waals surface area contributed by atoms with Gasteiger partial charge in [-0.3, -0.25) is 4.79 Å². The Morgan fingerprint density at radius 3 is 2.97 bits per heavy atom. The molecule has 0 saturated heterocycles. The van der Waals surface area contributed by atoms with Crippen LogP contribution in [0.1, 0.15) is 64.1 Å². The number of amides is 1. The van der Waals surface area contributed by atoms with E-state index in [2.05, 4.69) is 15.0 Å². The summed E-state index contributed by atoms with van der Waals surface area (Å²) in [6.07, 6.45) is 4.33. The number of furan rings is 1. The molecule has 1 aromatic carbocycles. The summed E-state index contributed by atoms with van der Waals surface area (Å²) in [5, 5.41) is 0.384. The summed E-state index contributed by atoms with van der Waals surface area (Å²) in [4.78, 5) is 27.2. The quantitative estimate of drug-likeness (QED) is 0.549. The van der Waals surface area contributed by atoms with E-state index in [1.165, 1.54) is 6.07 Å². The highest BCUT2D eigenvalue weighted by molar-refractivity contribution is 5.93. The van der Waals surface area contributed by atoms with E-state index in [0.29, 0.717) is 52.9 Å². The van der Waals surface area contributed by atoms with Crippen molar-refractivity contribution >= 4 is 16.9 Å². The SMILES string of the molecule is Cc1nc(C2CC2)oc1C(=O)N1CCc2[nH]cnc2[C@H]1c1cc2c(F)cccc2o1. The molecule has 1 N–H and O–H groups in total. The van der Waals surface area contributed by atoms with Gasteiger partial charge in [0.2, 0.25) is 5.76 Å². The lowest BCUT2D eigenvalue weighted by Gasteiger charge is -2.33. The molecule has 0 unspecified atom stereocenters. The van der Waals surface area contributed by atoms with E-state index in [1.54, 1.807) is 36.4 Å². The summed E-state index contributed by atoms with van der Waals surface area (Å²) in [5.41, 5.74) is 2.67. The van der Waals surface area contributed by atoms with Crippen LogP contribution < -0.4 is 0 Å². The third-order valence-corrected chi connectivity index (χ3v) is 5.92. The van der Waals surface area contributed by atoms with Gasteiger partial charge in [-0.1, -0.05) is 6.07 Å². The fraction of sp³-hybridized carbons (Fsp3) is 0.318. The van der Waals surface area contributed by atoms with Crippen LogP contribution in [0.5, 0.6) is 0 Å². The minimum atomic E-state index is -0.576. The van der Waals surface area contributed by atoms with E-state index < -0.39 is 6.04 Å². The number of aryl methyl sites for hydroxylation is 1. The first-order valence-electron chi connectivity index (χ1n) is 10.1. The van der Waals surface area contributed by atoms with E-state index in [1.807, 2.05) is 0 Å². The predicted molar refractivity (Wildman–Crippen MR) is 105 cm³/mol. The smallest absolute Gasteiger partial charge is 0.292 e. The van der Waals surface area contributed by atoms with Crippen LogP contribution in [0.4, 0.5) is 4.39 Å². The average molecular weight is 406 g/mol. The number of benzene rings is 1. The van der Waals surface area contributed by atoms with Gasteiger partial charge < -0.3 is 18.7 Å². The molecule has 8 heteroatoms. The van der Waals surface area contributed by atoms with Gasteiger partial charge in [-0.15, -0.1) is 0 Å². The Morgan fingerprint density at radius 1 is 1.30 bits per heavy atom. The van der Waals surface area contributed by atoms with Crippen molar-refractivity contribution in [3.05, 3.63) is 70.9 Å². The van der Waals surface area contributed by atoms with Crippen molar-refractivity contribution in [2.75, 3.05) is 6.54 Å². The van der Waals surface area contributed by atoms with Crippen LogP contribution in [0.15, 0.2) is 39.4 Å².